The summed E-state index contributed by atoms with van der Waals surface area (Å²) in [7, 11) is 0. The number of benzene rings is 2. The van der Waals surface area contributed by atoms with Crippen molar-refractivity contribution in [1.29, 1.82) is 0 Å². The SMILES string of the molecule is Cc1cc(C(C)(C)C)c(O)cc1NC(=O)c1c[nH]c2ccccc2c1=O. The molecule has 134 valence electrons. The largest absolute Gasteiger partial charge is 0.508 e. The van der Waals surface area contributed by atoms with Crippen molar-refractivity contribution in [2.75, 3.05) is 5.32 Å². The number of fused-ring (bicyclic) bond motifs is 1. The maximum Gasteiger partial charge on any atom is 0.261 e. The van der Waals surface area contributed by atoms with Crippen molar-refractivity contribution < 1.29 is 9.90 Å². The van der Waals surface area contributed by atoms with Crippen LogP contribution in [0, 0.1) is 6.92 Å². The van der Waals surface area contributed by atoms with E-state index < -0.39 is 5.91 Å². The highest BCUT2D eigenvalue weighted by atomic mass is 16.3. The monoisotopic (exact) mass is 350 g/mol. The fraction of sp³-hybridized carbons (Fsp3) is 0.238. The maximum atomic E-state index is 12.6. The number of aryl methyl sites for hydroxylation is 1. The van der Waals surface area contributed by atoms with Gasteiger partial charge in [-0.2, -0.15) is 0 Å². The quantitative estimate of drug-likeness (QED) is 0.651. The third kappa shape index (κ3) is 3.20. The Morgan fingerprint density at radius 3 is 2.54 bits per heavy atom. The van der Waals surface area contributed by atoms with Gasteiger partial charge in [-0.25, -0.2) is 0 Å². The molecule has 26 heavy (non-hydrogen) atoms. The number of para-hydroxylation sites is 1. The molecule has 0 saturated carbocycles. The standard InChI is InChI=1S/C21H22N2O3/c1-12-9-15(21(2,3)4)18(24)10-17(12)23-20(26)14-11-22-16-8-6-5-7-13(16)19(14)25/h5-11,24H,1-4H3,(H,22,25)(H,23,26). The summed E-state index contributed by atoms with van der Waals surface area (Å²) in [5.74, 6) is -0.395. The molecule has 5 heteroatoms. The van der Waals surface area contributed by atoms with Gasteiger partial charge in [-0.3, -0.25) is 9.59 Å². The predicted molar refractivity (Wildman–Crippen MR) is 104 cm³/mol. The van der Waals surface area contributed by atoms with Gasteiger partial charge in [0.2, 0.25) is 5.43 Å². The van der Waals surface area contributed by atoms with Gasteiger partial charge in [0.25, 0.3) is 5.91 Å². The number of carbonyl (C=O) groups is 1. The Morgan fingerprint density at radius 2 is 1.85 bits per heavy atom. The third-order valence-corrected chi connectivity index (χ3v) is 4.43. The molecule has 0 unspecified atom stereocenters. The molecule has 0 atom stereocenters. The molecule has 2 aromatic carbocycles. The summed E-state index contributed by atoms with van der Waals surface area (Å²) in [6.07, 6.45) is 1.42. The van der Waals surface area contributed by atoms with E-state index in [4.69, 9.17) is 0 Å². The van der Waals surface area contributed by atoms with Crippen molar-refractivity contribution >= 4 is 22.5 Å². The molecule has 0 aliphatic rings. The number of phenols is 1. The summed E-state index contributed by atoms with van der Waals surface area (Å²) in [5, 5.41) is 13.5. The number of aromatic amines is 1. The lowest BCUT2D eigenvalue weighted by atomic mass is 9.85. The van der Waals surface area contributed by atoms with Crippen LogP contribution in [0.25, 0.3) is 10.9 Å². The minimum absolute atomic E-state index is 0.0301. The molecular weight excluding hydrogens is 328 g/mol. The van der Waals surface area contributed by atoms with Crippen molar-refractivity contribution in [2.45, 2.75) is 33.1 Å². The lowest BCUT2D eigenvalue weighted by Crippen LogP contribution is -2.22. The number of aromatic nitrogens is 1. The number of anilines is 1. The Morgan fingerprint density at radius 1 is 1.15 bits per heavy atom. The maximum absolute atomic E-state index is 12.6. The zero-order valence-electron chi connectivity index (χ0n) is 15.3. The zero-order valence-corrected chi connectivity index (χ0v) is 15.3. The molecule has 3 rings (SSSR count). The van der Waals surface area contributed by atoms with E-state index in [1.807, 2.05) is 39.8 Å². The highest BCUT2D eigenvalue weighted by Crippen LogP contribution is 2.34. The molecule has 0 aliphatic heterocycles. The first-order valence-electron chi connectivity index (χ1n) is 8.44. The van der Waals surface area contributed by atoms with Gasteiger partial charge < -0.3 is 15.4 Å². The van der Waals surface area contributed by atoms with Crippen LogP contribution < -0.4 is 10.7 Å². The second kappa shape index (κ2) is 6.33. The number of pyridine rings is 1. The fourth-order valence-electron chi connectivity index (χ4n) is 2.96. The summed E-state index contributed by atoms with van der Waals surface area (Å²) in [4.78, 5) is 28.2. The second-order valence-electron chi connectivity index (χ2n) is 7.47. The molecule has 0 radical (unpaired) electrons. The normalized spacial score (nSPS) is 11.5. The van der Waals surface area contributed by atoms with E-state index in [0.717, 1.165) is 11.1 Å². The highest BCUT2D eigenvalue weighted by molar-refractivity contribution is 6.06. The first kappa shape index (κ1) is 17.7. The molecule has 3 aromatic rings. The second-order valence-corrected chi connectivity index (χ2v) is 7.47. The average molecular weight is 350 g/mol. The van der Waals surface area contributed by atoms with Crippen LogP contribution in [-0.4, -0.2) is 16.0 Å². The topological polar surface area (TPSA) is 82.2 Å². The number of hydrogen-bond donors (Lipinski definition) is 3. The van der Waals surface area contributed by atoms with Crippen molar-refractivity contribution in [2.24, 2.45) is 0 Å². The van der Waals surface area contributed by atoms with Crippen molar-refractivity contribution in [3.63, 3.8) is 0 Å². The Kier molecular flexibility index (Phi) is 4.32. The molecule has 1 amide bonds. The van der Waals surface area contributed by atoms with E-state index in [1.165, 1.54) is 12.3 Å². The summed E-state index contributed by atoms with van der Waals surface area (Å²) < 4.78 is 0. The van der Waals surface area contributed by atoms with E-state index >= 15 is 0 Å². The number of carbonyl (C=O) groups excluding carboxylic acids is 1. The van der Waals surface area contributed by atoms with Crippen LogP contribution in [0.2, 0.25) is 0 Å². The fourth-order valence-corrected chi connectivity index (χ4v) is 2.96. The molecule has 0 saturated heterocycles. The molecule has 3 N–H and O–H groups in total. The third-order valence-electron chi connectivity index (χ3n) is 4.43. The smallest absolute Gasteiger partial charge is 0.261 e. The molecule has 0 bridgehead atoms. The molecule has 5 nitrogen and oxygen atoms in total. The number of rotatable bonds is 2. The van der Waals surface area contributed by atoms with Crippen LogP contribution >= 0.6 is 0 Å². The van der Waals surface area contributed by atoms with Gasteiger partial charge in [-0.15, -0.1) is 0 Å². The average Bonchev–Trinajstić information content (AvgIpc) is 2.57. The molecule has 1 heterocycles. The lowest BCUT2D eigenvalue weighted by molar-refractivity contribution is 0.102. The number of H-pyrrole nitrogens is 1. The van der Waals surface area contributed by atoms with Crippen LogP contribution in [0.4, 0.5) is 5.69 Å². The van der Waals surface area contributed by atoms with E-state index in [9.17, 15) is 14.7 Å². The van der Waals surface area contributed by atoms with Gasteiger partial charge in [0, 0.05) is 28.9 Å². The van der Waals surface area contributed by atoms with Gasteiger partial charge in [0.1, 0.15) is 11.3 Å². The first-order chi connectivity index (χ1) is 12.2. The van der Waals surface area contributed by atoms with E-state index in [-0.39, 0.29) is 22.2 Å². The number of amides is 1. The lowest BCUT2D eigenvalue weighted by Gasteiger charge is -2.22. The van der Waals surface area contributed by atoms with Crippen molar-refractivity contribution in [3.05, 3.63) is 69.5 Å². The minimum atomic E-state index is -0.511. The Balaban J connectivity index is 1.98. The Hall–Kier alpha value is -3.08. The van der Waals surface area contributed by atoms with Crippen LogP contribution in [0.1, 0.15) is 42.3 Å². The minimum Gasteiger partial charge on any atom is -0.508 e. The summed E-state index contributed by atoms with van der Waals surface area (Å²) in [6.45, 7) is 7.88. The van der Waals surface area contributed by atoms with Gasteiger partial charge in [0.05, 0.1) is 0 Å². The summed E-state index contributed by atoms with van der Waals surface area (Å²) in [5.41, 5.74) is 2.26. The molecule has 0 fully saturated rings. The Bertz CT molecular complexity index is 1060. The van der Waals surface area contributed by atoms with Gasteiger partial charge in [-0.1, -0.05) is 32.9 Å². The Labute approximate surface area is 151 Å². The molecule has 1 aromatic heterocycles. The molecule has 0 aliphatic carbocycles. The zero-order chi connectivity index (χ0) is 19.1. The highest BCUT2D eigenvalue weighted by Gasteiger charge is 2.21. The van der Waals surface area contributed by atoms with Crippen molar-refractivity contribution in [1.82, 2.24) is 4.98 Å². The van der Waals surface area contributed by atoms with E-state index in [1.54, 1.807) is 18.2 Å². The van der Waals surface area contributed by atoms with Crippen LogP contribution in [0.3, 0.4) is 0 Å². The van der Waals surface area contributed by atoms with Crippen LogP contribution in [0.15, 0.2) is 47.4 Å². The molecule has 0 spiro atoms. The van der Waals surface area contributed by atoms with E-state index in [2.05, 4.69) is 10.3 Å². The number of nitrogens with one attached hydrogen (secondary N) is 2. The van der Waals surface area contributed by atoms with E-state index in [0.29, 0.717) is 16.6 Å². The molecular formula is C21H22N2O3. The first-order valence-corrected chi connectivity index (χ1v) is 8.44. The van der Waals surface area contributed by atoms with Gasteiger partial charge in [0.15, 0.2) is 0 Å². The van der Waals surface area contributed by atoms with Crippen molar-refractivity contribution in [3.8, 4) is 5.75 Å². The predicted octanol–water partition coefficient (Wildman–Crippen LogP) is 4.09. The number of aromatic hydroxyl groups is 1. The summed E-state index contributed by atoms with van der Waals surface area (Å²) in [6, 6.07) is 10.4. The summed E-state index contributed by atoms with van der Waals surface area (Å²) >= 11 is 0. The van der Waals surface area contributed by atoms with Gasteiger partial charge in [-0.05, 0) is 41.7 Å². The number of hydrogen-bond acceptors (Lipinski definition) is 3. The van der Waals surface area contributed by atoms with Crippen LogP contribution in [-0.2, 0) is 5.41 Å². The number of phenolic OH excluding ortho intramolecular Hbond substituents is 1. The van der Waals surface area contributed by atoms with Crippen LogP contribution in [0.5, 0.6) is 5.75 Å². The van der Waals surface area contributed by atoms with Gasteiger partial charge >= 0.3 is 0 Å².